The molecule has 1 atom stereocenters. The third-order valence-corrected chi connectivity index (χ3v) is 5.09. The lowest BCUT2D eigenvalue weighted by Crippen LogP contribution is -2.37. The number of nitrogens with zero attached hydrogens (tertiary/aromatic N) is 4. The smallest absolute Gasteiger partial charge is 0.147 e. The van der Waals surface area contributed by atoms with Gasteiger partial charge in [-0.3, -0.25) is 4.90 Å². The van der Waals surface area contributed by atoms with Gasteiger partial charge >= 0.3 is 0 Å². The largest absolute Gasteiger partial charge is 0.312 e. The van der Waals surface area contributed by atoms with E-state index >= 15 is 0 Å². The molecule has 22 heavy (non-hydrogen) atoms. The lowest BCUT2D eigenvalue weighted by Gasteiger charge is -2.34. The van der Waals surface area contributed by atoms with Crippen LogP contribution in [0.25, 0.3) is 0 Å². The normalized spacial score (nSPS) is 19.9. The molecule has 1 saturated carbocycles. The van der Waals surface area contributed by atoms with Crippen LogP contribution in [-0.2, 0) is 13.1 Å². The van der Waals surface area contributed by atoms with Crippen molar-refractivity contribution in [3.63, 3.8) is 0 Å². The first-order chi connectivity index (χ1) is 10.8. The van der Waals surface area contributed by atoms with E-state index < -0.39 is 0 Å². The van der Waals surface area contributed by atoms with Crippen LogP contribution in [0.4, 0.5) is 0 Å². The minimum atomic E-state index is 0.423. The second-order valence-electron chi connectivity index (χ2n) is 6.35. The second-order valence-corrected chi connectivity index (χ2v) is 6.78. The molecule has 4 rings (SSSR count). The number of hydrogen-bond acceptors (Lipinski definition) is 3. The molecule has 0 radical (unpaired) electrons. The predicted molar refractivity (Wildman–Crippen MR) is 86.9 cm³/mol. The molecule has 0 bridgehead atoms. The first-order valence-electron chi connectivity index (χ1n) is 8.17. The van der Waals surface area contributed by atoms with Crippen molar-refractivity contribution in [1.82, 2.24) is 19.7 Å². The van der Waals surface area contributed by atoms with E-state index in [-0.39, 0.29) is 0 Å². The van der Waals surface area contributed by atoms with Gasteiger partial charge in [0.25, 0.3) is 0 Å². The van der Waals surface area contributed by atoms with Crippen molar-refractivity contribution in [2.24, 2.45) is 0 Å². The Labute approximate surface area is 136 Å². The van der Waals surface area contributed by atoms with E-state index in [2.05, 4.69) is 38.7 Å². The summed E-state index contributed by atoms with van der Waals surface area (Å²) in [6, 6.07) is 8.68. The molecule has 1 fully saturated rings. The van der Waals surface area contributed by atoms with Gasteiger partial charge in [-0.25, -0.2) is 0 Å². The van der Waals surface area contributed by atoms with E-state index in [1.165, 1.54) is 24.2 Å². The highest BCUT2D eigenvalue weighted by molar-refractivity contribution is 6.30. The number of benzene rings is 1. The molecule has 2 aliphatic rings. The average Bonchev–Trinajstić information content (AvgIpc) is 3.29. The quantitative estimate of drug-likeness (QED) is 0.861. The zero-order valence-corrected chi connectivity index (χ0v) is 13.6. The van der Waals surface area contributed by atoms with Gasteiger partial charge in [-0.2, -0.15) is 0 Å². The Morgan fingerprint density at radius 1 is 1.18 bits per heavy atom. The summed E-state index contributed by atoms with van der Waals surface area (Å²) in [6.07, 6.45) is 3.65. The van der Waals surface area contributed by atoms with Crippen LogP contribution in [0, 0.1) is 0 Å². The molecule has 0 saturated heterocycles. The maximum Gasteiger partial charge on any atom is 0.147 e. The van der Waals surface area contributed by atoms with Gasteiger partial charge in [0.2, 0.25) is 0 Å². The van der Waals surface area contributed by atoms with Gasteiger partial charge in [-0.15, -0.1) is 10.2 Å². The average molecular weight is 317 g/mol. The highest BCUT2D eigenvalue weighted by Gasteiger charge is 2.33. The summed E-state index contributed by atoms with van der Waals surface area (Å²) < 4.78 is 2.35. The number of hydrogen-bond donors (Lipinski definition) is 0. The third-order valence-electron chi connectivity index (χ3n) is 4.84. The van der Waals surface area contributed by atoms with Crippen LogP contribution in [0.15, 0.2) is 24.3 Å². The molecule has 2 heterocycles. The third kappa shape index (κ3) is 2.55. The van der Waals surface area contributed by atoms with Crippen LogP contribution in [0.1, 0.15) is 55.4 Å². The summed E-state index contributed by atoms with van der Waals surface area (Å²) in [6.45, 7) is 5.21. The molecule has 0 amide bonds. The van der Waals surface area contributed by atoms with Gasteiger partial charge in [0.1, 0.15) is 11.6 Å². The van der Waals surface area contributed by atoms with Gasteiger partial charge in [0.15, 0.2) is 0 Å². The minimum absolute atomic E-state index is 0.423. The Balaban J connectivity index is 1.56. The fourth-order valence-corrected chi connectivity index (χ4v) is 3.62. The highest BCUT2D eigenvalue weighted by atomic mass is 35.5. The summed E-state index contributed by atoms with van der Waals surface area (Å²) in [5.74, 6) is 3.01. The molecule has 116 valence electrons. The maximum atomic E-state index is 6.02. The summed E-state index contributed by atoms with van der Waals surface area (Å²) >= 11 is 6.02. The molecule has 0 unspecified atom stereocenters. The fourth-order valence-electron chi connectivity index (χ4n) is 3.50. The van der Waals surface area contributed by atoms with E-state index in [0.717, 1.165) is 36.9 Å². The Morgan fingerprint density at radius 3 is 2.64 bits per heavy atom. The molecule has 1 aliphatic carbocycles. The lowest BCUT2D eigenvalue weighted by molar-refractivity contribution is 0.147. The second kappa shape index (κ2) is 5.67. The number of aromatic nitrogens is 3. The van der Waals surface area contributed by atoms with Crippen LogP contribution in [0.5, 0.6) is 0 Å². The fraction of sp³-hybridized carbons (Fsp3) is 0.529. The molecule has 4 nitrogen and oxygen atoms in total. The van der Waals surface area contributed by atoms with Crippen LogP contribution in [0.2, 0.25) is 5.02 Å². The van der Waals surface area contributed by atoms with Crippen molar-refractivity contribution in [3.05, 3.63) is 46.5 Å². The Morgan fingerprint density at radius 2 is 1.95 bits per heavy atom. The zero-order valence-electron chi connectivity index (χ0n) is 12.9. The van der Waals surface area contributed by atoms with Crippen LogP contribution >= 0.6 is 11.6 Å². The summed E-state index contributed by atoms with van der Waals surface area (Å²) in [5.41, 5.74) is 1.34. The maximum absolute atomic E-state index is 6.02. The number of halogens is 1. The van der Waals surface area contributed by atoms with Crippen LogP contribution < -0.4 is 0 Å². The van der Waals surface area contributed by atoms with Gasteiger partial charge in [0, 0.05) is 30.1 Å². The Hall–Kier alpha value is -1.39. The van der Waals surface area contributed by atoms with Gasteiger partial charge in [-0.1, -0.05) is 30.7 Å². The number of rotatable bonds is 4. The first kappa shape index (κ1) is 14.2. The van der Waals surface area contributed by atoms with E-state index in [4.69, 9.17) is 11.6 Å². The Kier molecular flexibility index (Phi) is 3.66. The molecule has 0 spiro atoms. The van der Waals surface area contributed by atoms with E-state index in [0.29, 0.717) is 12.0 Å². The van der Waals surface area contributed by atoms with Crippen molar-refractivity contribution >= 4 is 11.6 Å². The van der Waals surface area contributed by atoms with Gasteiger partial charge in [-0.05, 0) is 37.0 Å². The molecule has 5 heteroatoms. The highest BCUT2D eigenvalue weighted by Crippen LogP contribution is 2.40. The van der Waals surface area contributed by atoms with Crippen LogP contribution in [-0.4, -0.2) is 26.2 Å². The molecule has 1 aromatic heterocycles. The Bertz CT molecular complexity index is 660. The standard InChI is InChI=1S/C17H21ClN4/c1-2-15(12-5-7-14(18)8-6-12)21-9-10-22-16(11-21)19-20-17(22)13-3-4-13/h5-8,13,15H,2-4,9-11H2,1H3/t15-/m0/s1. The lowest BCUT2D eigenvalue weighted by atomic mass is 10.0. The van der Waals surface area contributed by atoms with E-state index in [9.17, 15) is 0 Å². The van der Waals surface area contributed by atoms with Crippen LogP contribution in [0.3, 0.4) is 0 Å². The predicted octanol–water partition coefficient (Wildman–Crippen LogP) is 3.78. The van der Waals surface area contributed by atoms with E-state index in [1.54, 1.807) is 0 Å². The summed E-state index contributed by atoms with van der Waals surface area (Å²) in [4.78, 5) is 2.52. The topological polar surface area (TPSA) is 34.0 Å². The molecule has 0 N–H and O–H groups in total. The first-order valence-corrected chi connectivity index (χ1v) is 8.55. The van der Waals surface area contributed by atoms with Crippen molar-refractivity contribution < 1.29 is 0 Å². The summed E-state index contributed by atoms with van der Waals surface area (Å²) in [5, 5.41) is 9.67. The van der Waals surface area contributed by atoms with Crippen molar-refractivity contribution in [2.45, 2.75) is 51.2 Å². The van der Waals surface area contributed by atoms with Crippen molar-refractivity contribution in [2.75, 3.05) is 6.54 Å². The molecule has 1 aliphatic heterocycles. The van der Waals surface area contributed by atoms with Crippen molar-refractivity contribution in [3.8, 4) is 0 Å². The zero-order chi connectivity index (χ0) is 15.1. The van der Waals surface area contributed by atoms with Gasteiger partial charge < -0.3 is 4.57 Å². The van der Waals surface area contributed by atoms with E-state index in [1.807, 2.05) is 12.1 Å². The summed E-state index contributed by atoms with van der Waals surface area (Å²) in [7, 11) is 0. The monoisotopic (exact) mass is 316 g/mol. The molecular formula is C17H21ClN4. The SMILES string of the molecule is CC[C@@H](c1ccc(Cl)cc1)N1CCn2c(nnc2C2CC2)C1. The molecule has 1 aromatic carbocycles. The molecular weight excluding hydrogens is 296 g/mol. The molecule has 2 aromatic rings. The van der Waals surface area contributed by atoms with Crippen molar-refractivity contribution in [1.29, 1.82) is 0 Å². The number of fused-ring (bicyclic) bond motifs is 1. The minimum Gasteiger partial charge on any atom is -0.312 e. The van der Waals surface area contributed by atoms with Gasteiger partial charge in [0.05, 0.1) is 6.54 Å².